The van der Waals surface area contributed by atoms with E-state index < -0.39 is 0 Å². The molecule has 1 aliphatic rings. The van der Waals surface area contributed by atoms with Crippen molar-refractivity contribution in [3.05, 3.63) is 35.8 Å². The molecule has 84 valence electrons. The van der Waals surface area contributed by atoms with Gasteiger partial charge in [0.2, 0.25) is 0 Å². The van der Waals surface area contributed by atoms with E-state index in [1.54, 1.807) is 0 Å². The van der Waals surface area contributed by atoms with Crippen LogP contribution in [-0.2, 0) is 0 Å². The molecule has 1 saturated heterocycles. The normalized spacial score (nSPS) is 18.1. The van der Waals surface area contributed by atoms with E-state index in [2.05, 4.69) is 47.6 Å². The van der Waals surface area contributed by atoms with Crippen molar-refractivity contribution in [3.63, 3.8) is 0 Å². The van der Waals surface area contributed by atoms with Crippen LogP contribution in [0.25, 0.3) is 5.65 Å². The Morgan fingerprint density at radius 3 is 2.88 bits per heavy atom. The Morgan fingerprint density at radius 2 is 2.06 bits per heavy atom. The lowest BCUT2D eigenvalue weighted by Crippen LogP contribution is -2.07. The molecule has 3 heterocycles. The second-order valence-corrected chi connectivity index (χ2v) is 5.75. The van der Waals surface area contributed by atoms with Gasteiger partial charge in [0.05, 0.1) is 5.69 Å². The zero-order valence-corrected chi connectivity index (χ0v) is 10.3. The summed E-state index contributed by atoms with van der Waals surface area (Å²) < 4.78 is 2.16. The van der Waals surface area contributed by atoms with Gasteiger partial charge in [-0.05, 0) is 42.9 Å². The monoisotopic (exact) mass is 232 g/mol. The van der Waals surface area contributed by atoms with Crippen molar-refractivity contribution in [2.24, 2.45) is 0 Å². The number of aromatic nitrogens is 2. The van der Waals surface area contributed by atoms with Gasteiger partial charge < -0.3 is 4.40 Å². The molecule has 0 spiro atoms. The van der Waals surface area contributed by atoms with Crippen molar-refractivity contribution in [3.8, 4) is 0 Å². The first-order valence-corrected chi connectivity index (χ1v) is 7.01. The summed E-state index contributed by atoms with van der Waals surface area (Å²) in [7, 11) is 0. The summed E-state index contributed by atoms with van der Waals surface area (Å²) in [6.07, 6.45) is 6.94. The molecule has 0 bridgehead atoms. The molecule has 2 aromatic rings. The molecule has 3 heteroatoms. The predicted molar refractivity (Wildman–Crippen MR) is 69.2 cm³/mol. The average molecular weight is 232 g/mol. The molecule has 0 unspecified atom stereocenters. The smallest absolute Gasteiger partial charge is 0.136 e. The summed E-state index contributed by atoms with van der Waals surface area (Å²) in [6.45, 7) is 2.12. The second kappa shape index (κ2) is 4.13. The molecule has 0 saturated carbocycles. The third kappa shape index (κ3) is 1.84. The highest BCUT2D eigenvalue weighted by atomic mass is 32.2. The zero-order chi connectivity index (χ0) is 11.0. The van der Waals surface area contributed by atoms with Crippen LogP contribution >= 0.6 is 11.8 Å². The predicted octanol–water partition coefficient (Wildman–Crippen LogP) is 3.25. The van der Waals surface area contributed by atoms with Crippen LogP contribution in [0.5, 0.6) is 0 Å². The number of thioether (sulfide) groups is 1. The molecule has 3 rings (SSSR count). The van der Waals surface area contributed by atoms with E-state index in [-0.39, 0.29) is 0 Å². The minimum atomic E-state index is 0.682. The number of aryl methyl sites for hydroxylation is 1. The maximum absolute atomic E-state index is 4.73. The Bertz CT molecular complexity index is 498. The van der Waals surface area contributed by atoms with Gasteiger partial charge in [0, 0.05) is 18.3 Å². The minimum Gasteiger partial charge on any atom is -0.307 e. The zero-order valence-electron chi connectivity index (χ0n) is 9.52. The highest BCUT2D eigenvalue weighted by Gasteiger charge is 2.18. The summed E-state index contributed by atoms with van der Waals surface area (Å²) >= 11 is 2.07. The van der Waals surface area contributed by atoms with Crippen LogP contribution in [0.4, 0.5) is 0 Å². The molecule has 2 aromatic heterocycles. The lowest BCUT2D eigenvalue weighted by Gasteiger charge is -2.18. The first kappa shape index (κ1) is 10.2. The van der Waals surface area contributed by atoms with Crippen LogP contribution < -0.4 is 0 Å². The van der Waals surface area contributed by atoms with Crippen molar-refractivity contribution in [2.45, 2.75) is 25.7 Å². The maximum atomic E-state index is 4.73. The molecule has 0 amide bonds. The number of hydrogen-bond donors (Lipinski definition) is 0. The van der Waals surface area contributed by atoms with Crippen molar-refractivity contribution < 1.29 is 0 Å². The molecule has 0 N–H and O–H groups in total. The van der Waals surface area contributed by atoms with E-state index >= 15 is 0 Å². The summed E-state index contributed by atoms with van der Waals surface area (Å²) in [5.74, 6) is 3.26. The van der Waals surface area contributed by atoms with E-state index in [0.717, 1.165) is 5.65 Å². The van der Waals surface area contributed by atoms with Crippen LogP contribution in [-0.4, -0.2) is 20.9 Å². The van der Waals surface area contributed by atoms with Gasteiger partial charge in [0.15, 0.2) is 0 Å². The number of imidazole rings is 1. The minimum absolute atomic E-state index is 0.682. The molecule has 0 aliphatic carbocycles. The van der Waals surface area contributed by atoms with Gasteiger partial charge >= 0.3 is 0 Å². The third-order valence-electron chi connectivity index (χ3n) is 3.26. The van der Waals surface area contributed by atoms with Crippen molar-refractivity contribution in [1.82, 2.24) is 9.38 Å². The molecule has 16 heavy (non-hydrogen) atoms. The van der Waals surface area contributed by atoms with Gasteiger partial charge in [-0.1, -0.05) is 6.07 Å². The van der Waals surface area contributed by atoms with Crippen LogP contribution in [0, 0.1) is 6.92 Å². The number of pyridine rings is 1. The first-order valence-electron chi connectivity index (χ1n) is 5.86. The first-order chi connectivity index (χ1) is 7.83. The molecular weight excluding hydrogens is 216 g/mol. The van der Waals surface area contributed by atoms with Gasteiger partial charge in [0.25, 0.3) is 0 Å². The quantitative estimate of drug-likeness (QED) is 0.751. The molecule has 1 aliphatic heterocycles. The summed E-state index contributed by atoms with van der Waals surface area (Å²) in [5, 5.41) is 0. The Hall–Kier alpha value is -0.960. The van der Waals surface area contributed by atoms with E-state index in [1.165, 1.54) is 35.6 Å². The fourth-order valence-corrected chi connectivity index (χ4v) is 3.42. The molecule has 2 nitrogen and oxygen atoms in total. The van der Waals surface area contributed by atoms with Gasteiger partial charge in [-0.3, -0.25) is 0 Å². The number of nitrogens with zero attached hydrogens (tertiary/aromatic N) is 2. The van der Waals surface area contributed by atoms with E-state index in [1.807, 2.05) is 0 Å². The van der Waals surface area contributed by atoms with Crippen LogP contribution in [0.3, 0.4) is 0 Å². The van der Waals surface area contributed by atoms with E-state index in [9.17, 15) is 0 Å². The largest absolute Gasteiger partial charge is 0.307 e. The van der Waals surface area contributed by atoms with E-state index in [4.69, 9.17) is 4.98 Å². The van der Waals surface area contributed by atoms with Gasteiger partial charge in [-0.2, -0.15) is 11.8 Å². The number of fused-ring (bicyclic) bond motifs is 1. The Kier molecular flexibility index (Phi) is 2.64. The van der Waals surface area contributed by atoms with Crippen LogP contribution in [0.2, 0.25) is 0 Å². The van der Waals surface area contributed by atoms with Gasteiger partial charge in [-0.25, -0.2) is 4.98 Å². The molecule has 0 radical (unpaired) electrons. The molecule has 0 atom stereocenters. The second-order valence-electron chi connectivity index (χ2n) is 4.52. The lowest BCUT2D eigenvalue weighted by molar-refractivity contribution is 0.623. The van der Waals surface area contributed by atoms with Crippen molar-refractivity contribution >= 4 is 17.4 Å². The van der Waals surface area contributed by atoms with Gasteiger partial charge in [0.1, 0.15) is 5.65 Å². The topological polar surface area (TPSA) is 17.3 Å². The van der Waals surface area contributed by atoms with Gasteiger partial charge in [-0.15, -0.1) is 0 Å². The van der Waals surface area contributed by atoms with Crippen molar-refractivity contribution in [1.29, 1.82) is 0 Å². The third-order valence-corrected chi connectivity index (χ3v) is 4.31. The maximum Gasteiger partial charge on any atom is 0.136 e. The lowest BCUT2D eigenvalue weighted by atomic mass is 10.00. The van der Waals surface area contributed by atoms with Crippen LogP contribution in [0.15, 0.2) is 24.5 Å². The highest BCUT2D eigenvalue weighted by molar-refractivity contribution is 7.99. The fraction of sp³-hybridized carbons (Fsp3) is 0.462. The summed E-state index contributed by atoms with van der Waals surface area (Å²) in [5.41, 5.74) is 3.65. The average Bonchev–Trinajstić information content (AvgIpc) is 2.73. The van der Waals surface area contributed by atoms with E-state index in [0.29, 0.717) is 5.92 Å². The Balaban J connectivity index is 1.97. The Morgan fingerprint density at radius 1 is 1.25 bits per heavy atom. The van der Waals surface area contributed by atoms with Crippen molar-refractivity contribution in [2.75, 3.05) is 11.5 Å². The molecule has 0 aromatic carbocycles. The SMILES string of the molecule is Cc1ccc2nc(C3CCSCC3)cn2c1. The standard InChI is InChI=1S/C13H16N2S/c1-10-2-3-13-14-12(9-15(13)8-10)11-4-6-16-7-5-11/h2-3,8-9,11H,4-7H2,1H3. The summed E-state index contributed by atoms with van der Waals surface area (Å²) in [6, 6.07) is 4.24. The molecule has 1 fully saturated rings. The Labute approximate surface area is 100 Å². The highest BCUT2D eigenvalue weighted by Crippen LogP contribution is 2.30. The molecular formula is C13H16N2S. The number of rotatable bonds is 1. The van der Waals surface area contributed by atoms with Crippen LogP contribution in [0.1, 0.15) is 30.0 Å². The number of hydrogen-bond acceptors (Lipinski definition) is 2. The summed E-state index contributed by atoms with van der Waals surface area (Å²) in [4.78, 5) is 4.73. The fourth-order valence-electron chi connectivity index (χ4n) is 2.31.